The number of aliphatic hydroxyl groups is 1. The Morgan fingerprint density at radius 3 is 2.64 bits per heavy atom. The molecule has 0 radical (unpaired) electrons. The van der Waals surface area contributed by atoms with Crippen LogP contribution in [0.3, 0.4) is 0 Å². The molecule has 0 saturated carbocycles. The molecular weight excluding hydrogens is 202 g/mol. The van der Waals surface area contributed by atoms with Gasteiger partial charge in [0.1, 0.15) is 5.75 Å². The highest BCUT2D eigenvalue weighted by Crippen LogP contribution is 2.27. The van der Waals surface area contributed by atoms with E-state index in [1.54, 1.807) is 32.2 Å². The zero-order valence-corrected chi connectivity index (χ0v) is 8.95. The van der Waals surface area contributed by atoms with Crippen molar-refractivity contribution in [1.29, 1.82) is 0 Å². The molecule has 0 aliphatic rings. The summed E-state index contributed by atoms with van der Waals surface area (Å²) < 4.78 is 5.04. The number of hydrogen-bond donors (Lipinski definition) is 2. The van der Waals surface area contributed by atoms with Gasteiger partial charge in [-0.05, 0) is 30.7 Å². The molecule has 0 fully saturated rings. The number of methoxy groups -OCH3 is 1. The number of halogens is 1. The van der Waals surface area contributed by atoms with E-state index in [0.717, 1.165) is 0 Å². The van der Waals surface area contributed by atoms with Gasteiger partial charge in [-0.25, -0.2) is 0 Å². The van der Waals surface area contributed by atoms with E-state index in [0.29, 0.717) is 16.3 Å². The fourth-order valence-corrected chi connectivity index (χ4v) is 1.41. The first kappa shape index (κ1) is 11.3. The summed E-state index contributed by atoms with van der Waals surface area (Å²) >= 11 is 5.95. The first-order chi connectivity index (χ1) is 6.56. The highest BCUT2D eigenvalue weighted by atomic mass is 35.5. The Hall–Kier alpha value is -0.770. The molecule has 78 valence electrons. The van der Waals surface area contributed by atoms with Crippen molar-refractivity contribution in [2.24, 2.45) is 5.73 Å². The Morgan fingerprint density at radius 2 is 2.14 bits per heavy atom. The van der Waals surface area contributed by atoms with Crippen LogP contribution in [0.15, 0.2) is 18.2 Å². The maximum Gasteiger partial charge on any atom is 0.119 e. The van der Waals surface area contributed by atoms with Crippen LogP contribution in [0, 0.1) is 0 Å². The topological polar surface area (TPSA) is 55.5 Å². The maximum absolute atomic E-state index is 9.34. The molecule has 1 rings (SSSR count). The van der Waals surface area contributed by atoms with Gasteiger partial charge in [-0.1, -0.05) is 11.6 Å². The van der Waals surface area contributed by atoms with Crippen LogP contribution in [0.2, 0.25) is 5.02 Å². The molecule has 1 aromatic rings. The minimum Gasteiger partial charge on any atom is -0.497 e. The SMILES string of the molecule is COc1ccc(Cl)c([C@@H](N)[C@H](C)O)c1. The lowest BCUT2D eigenvalue weighted by atomic mass is 10.0. The minimum absolute atomic E-state index is 0.488. The molecule has 0 aliphatic carbocycles. The van der Waals surface area contributed by atoms with Crippen molar-refractivity contribution >= 4 is 11.6 Å². The molecule has 0 aromatic heterocycles. The number of benzene rings is 1. The van der Waals surface area contributed by atoms with Crippen molar-refractivity contribution in [3.63, 3.8) is 0 Å². The van der Waals surface area contributed by atoms with Crippen molar-refractivity contribution in [3.8, 4) is 5.75 Å². The second-order valence-electron chi connectivity index (χ2n) is 3.15. The van der Waals surface area contributed by atoms with E-state index in [9.17, 15) is 5.11 Å². The predicted molar refractivity (Wildman–Crippen MR) is 56.6 cm³/mol. The van der Waals surface area contributed by atoms with E-state index >= 15 is 0 Å². The average Bonchev–Trinajstić information content (AvgIpc) is 2.17. The minimum atomic E-state index is -0.639. The molecule has 1 aromatic carbocycles. The van der Waals surface area contributed by atoms with Gasteiger partial charge in [-0.3, -0.25) is 0 Å². The second-order valence-corrected chi connectivity index (χ2v) is 3.56. The highest BCUT2D eigenvalue weighted by molar-refractivity contribution is 6.31. The number of aliphatic hydroxyl groups excluding tert-OH is 1. The third-order valence-electron chi connectivity index (χ3n) is 2.08. The number of rotatable bonds is 3. The van der Waals surface area contributed by atoms with Gasteiger partial charge in [0, 0.05) is 5.02 Å². The molecule has 0 saturated heterocycles. The van der Waals surface area contributed by atoms with Crippen LogP contribution < -0.4 is 10.5 Å². The standard InChI is InChI=1S/C10H14ClNO2/c1-6(13)10(12)8-5-7(14-2)3-4-9(8)11/h3-6,10,13H,12H2,1-2H3/t6-,10-/m0/s1. The van der Waals surface area contributed by atoms with Crippen LogP contribution in [0.25, 0.3) is 0 Å². The Bertz CT molecular complexity index is 315. The molecule has 2 atom stereocenters. The van der Waals surface area contributed by atoms with E-state index in [4.69, 9.17) is 22.1 Å². The van der Waals surface area contributed by atoms with Crippen molar-refractivity contribution in [1.82, 2.24) is 0 Å². The summed E-state index contributed by atoms with van der Waals surface area (Å²) in [6.07, 6.45) is -0.639. The first-order valence-corrected chi connectivity index (χ1v) is 4.71. The van der Waals surface area contributed by atoms with Crippen molar-refractivity contribution in [2.45, 2.75) is 19.1 Å². The number of nitrogens with two attached hydrogens (primary N) is 1. The lowest BCUT2D eigenvalue weighted by molar-refractivity contribution is 0.164. The van der Waals surface area contributed by atoms with Crippen molar-refractivity contribution in [2.75, 3.05) is 7.11 Å². The van der Waals surface area contributed by atoms with Crippen LogP contribution in [0.5, 0.6) is 5.75 Å². The van der Waals surface area contributed by atoms with E-state index in [-0.39, 0.29) is 0 Å². The quantitative estimate of drug-likeness (QED) is 0.808. The predicted octanol–water partition coefficient (Wildman–Crippen LogP) is 1.73. The first-order valence-electron chi connectivity index (χ1n) is 4.33. The van der Waals surface area contributed by atoms with Gasteiger partial charge in [0.15, 0.2) is 0 Å². The zero-order valence-electron chi connectivity index (χ0n) is 8.20. The summed E-state index contributed by atoms with van der Waals surface area (Å²) in [4.78, 5) is 0. The molecule has 0 aliphatic heterocycles. The largest absolute Gasteiger partial charge is 0.497 e. The molecule has 4 heteroatoms. The molecule has 14 heavy (non-hydrogen) atoms. The van der Waals surface area contributed by atoms with Gasteiger partial charge in [-0.15, -0.1) is 0 Å². The summed E-state index contributed by atoms with van der Waals surface area (Å²) in [6, 6.07) is 4.70. The third kappa shape index (κ3) is 2.38. The van der Waals surface area contributed by atoms with Crippen LogP contribution in [0.4, 0.5) is 0 Å². The molecule has 0 heterocycles. The van der Waals surface area contributed by atoms with Gasteiger partial charge in [0.2, 0.25) is 0 Å². The van der Waals surface area contributed by atoms with Gasteiger partial charge in [-0.2, -0.15) is 0 Å². The van der Waals surface area contributed by atoms with Gasteiger partial charge < -0.3 is 15.6 Å². The van der Waals surface area contributed by atoms with Gasteiger partial charge in [0.25, 0.3) is 0 Å². The molecule has 3 N–H and O–H groups in total. The van der Waals surface area contributed by atoms with Gasteiger partial charge >= 0.3 is 0 Å². The molecular formula is C10H14ClNO2. The van der Waals surface area contributed by atoms with Crippen LogP contribution >= 0.6 is 11.6 Å². The molecule has 0 bridgehead atoms. The zero-order chi connectivity index (χ0) is 10.7. The van der Waals surface area contributed by atoms with Crippen LogP contribution in [-0.2, 0) is 0 Å². The van der Waals surface area contributed by atoms with Crippen LogP contribution in [0.1, 0.15) is 18.5 Å². The lowest BCUT2D eigenvalue weighted by Gasteiger charge is -2.17. The van der Waals surface area contributed by atoms with Crippen LogP contribution in [-0.4, -0.2) is 18.3 Å². The summed E-state index contributed by atoms with van der Waals surface area (Å²) in [5.41, 5.74) is 6.47. The summed E-state index contributed by atoms with van der Waals surface area (Å²) in [6.45, 7) is 1.63. The van der Waals surface area contributed by atoms with E-state index in [1.807, 2.05) is 0 Å². The van der Waals surface area contributed by atoms with E-state index in [2.05, 4.69) is 0 Å². The Labute approximate surface area is 88.4 Å². The fourth-order valence-electron chi connectivity index (χ4n) is 1.16. The Balaban J connectivity index is 3.05. The maximum atomic E-state index is 9.34. The van der Waals surface area contributed by atoms with Crippen molar-refractivity contribution in [3.05, 3.63) is 28.8 Å². The smallest absolute Gasteiger partial charge is 0.119 e. The lowest BCUT2D eigenvalue weighted by Crippen LogP contribution is -2.23. The third-order valence-corrected chi connectivity index (χ3v) is 2.43. The summed E-state index contributed by atoms with van der Waals surface area (Å²) in [5, 5.41) is 9.88. The Kier molecular flexibility index (Phi) is 3.75. The molecule has 0 unspecified atom stereocenters. The molecule has 0 spiro atoms. The van der Waals surface area contributed by atoms with Crippen molar-refractivity contribution < 1.29 is 9.84 Å². The monoisotopic (exact) mass is 215 g/mol. The van der Waals surface area contributed by atoms with E-state index < -0.39 is 12.1 Å². The van der Waals surface area contributed by atoms with E-state index in [1.165, 1.54) is 0 Å². The summed E-state index contributed by atoms with van der Waals surface area (Å²) in [5.74, 6) is 0.681. The number of hydrogen-bond acceptors (Lipinski definition) is 3. The average molecular weight is 216 g/mol. The Morgan fingerprint density at radius 1 is 1.50 bits per heavy atom. The van der Waals surface area contributed by atoms with Gasteiger partial charge in [0.05, 0.1) is 19.3 Å². The molecule has 0 amide bonds. The normalized spacial score (nSPS) is 14.9. The number of ether oxygens (including phenoxy) is 1. The summed E-state index contributed by atoms with van der Waals surface area (Å²) in [7, 11) is 1.57. The highest BCUT2D eigenvalue weighted by Gasteiger charge is 2.15. The molecule has 3 nitrogen and oxygen atoms in total. The fraction of sp³-hybridized carbons (Fsp3) is 0.400. The second kappa shape index (κ2) is 4.64.